The van der Waals surface area contributed by atoms with E-state index in [1.54, 1.807) is 12.3 Å². The molecule has 0 unspecified atom stereocenters. The molecule has 0 N–H and O–H groups in total. The predicted molar refractivity (Wildman–Crippen MR) is 68.3 cm³/mol. The van der Waals surface area contributed by atoms with E-state index < -0.39 is 0 Å². The van der Waals surface area contributed by atoms with Crippen molar-refractivity contribution in [1.82, 2.24) is 9.97 Å². The third-order valence-corrected chi connectivity index (χ3v) is 2.87. The Bertz CT molecular complexity index is 514. The van der Waals surface area contributed by atoms with Crippen molar-refractivity contribution in [2.45, 2.75) is 11.6 Å². The van der Waals surface area contributed by atoms with Gasteiger partial charge in [0.2, 0.25) is 0 Å². The Hall–Kier alpha value is -1.68. The average molecular weight is 244 g/mol. The Morgan fingerprint density at radius 1 is 1.24 bits per heavy atom. The number of Topliss-reactive ketones (excluding diaryl/α,β-unsaturated/α-hetero) is 1. The van der Waals surface area contributed by atoms with Crippen LogP contribution in [-0.2, 0) is 6.42 Å². The number of nitrogens with zero attached hydrogens (tertiary/aromatic N) is 2. The van der Waals surface area contributed by atoms with Crippen molar-refractivity contribution in [3.8, 4) is 0 Å². The van der Waals surface area contributed by atoms with Crippen LogP contribution in [0.2, 0.25) is 0 Å². The summed E-state index contributed by atoms with van der Waals surface area (Å²) in [7, 11) is 0. The Morgan fingerprint density at radius 3 is 2.71 bits per heavy atom. The Labute approximate surface area is 104 Å². The second kappa shape index (κ2) is 5.59. The van der Waals surface area contributed by atoms with Crippen LogP contribution >= 0.6 is 11.8 Å². The van der Waals surface area contributed by atoms with Gasteiger partial charge in [0.1, 0.15) is 0 Å². The van der Waals surface area contributed by atoms with Crippen molar-refractivity contribution in [2.24, 2.45) is 0 Å². The molecule has 2 aromatic rings. The fourth-order valence-corrected chi connectivity index (χ4v) is 1.84. The molecule has 0 atom stereocenters. The first-order valence-electron chi connectivity index (χ1n) is 5.24. The molecule has 0 saturated heterocycles. The fraction of sp³-hybridized carbons (Fsp3) is 0.154. The lowest BCUT2D eigenvalue weighted by molar-refractivity contribution is 0.0991. The molecule has 1 aromatic carbocycles. The van der Waals surface area contributed by atoms with E-state index in [1.165, 1.54) is 11.8 Å². The van der Waals surface area contributed by atoms with Gasteiger partial charge in [-0.25, -0.2) is 9.97 Å². The number of thioether (sulfide) groups is 1. The molecule has 17 heavy (non-hydrogen) atoms. The van der Waals surface area contributed by atoms with Crippen LogP contribution in [0, 0.1) is 0 Å². The lowest BCUT2D eigenvalue weighted by Crippen LogP contribution is -2.05. The summed E-state index contributed by atoms with van der Waals surface area (Å²) < 4.78 is 0. The molecule has 0 radical (unpaired) electrons. The van der Waals surface area contributed by atoms with E-state index in [0.717, 1.165) is 11.3 Å². The van der Waals surface area contributed by atoms with Crippen LogP contribution in [-0.4, -0.2) is 22.0 Å². The monoisotopic (exact) mass is 244 g/mol. The molecule has 0 fully saturated rings. The molecule has 1 aromatic heterocycles. The quantitative estimate of drug-likeness (QED) is 0.471. The number of aromatic nitrogens is 2. The minimum atomic E-state index is 0.0800. The van der Waals surface area contributed by atoms with Crippen LogP contribution in [0.25, 0.3) is 0 Å². The lowest BCUT2D eigenvalue weighted by Gasteiger charge is -2.01. The molecule has 4 heteroatoms. The molecule has 0 aliphatic carbocycles. The van der Waals surface area contributed by atoms with Gasteiger partial charge in [0.15, 0.2) is 10.9 Å². The molecule has 0 aliphatic rings. The molecule has 0 amide bonds. The highest BCUT2D eigenvalue weighted by Gasteiger charge is 2.07. The highest BCUT2D eigenvalue weighted by molar-refractivity contribution is 7.98. The molecule has 0 spiro atoms. The van der Waals surface area contributed by atoms with Crippen LogP contribution in [0.1, 0.15) is 16.1 Å². The van der Waals surface area contributed by atoms with Crippen LogP contribution in [0.5, 0.6) is 0 Å². The van der Waals surface area contributed by atoms with Gasteiger partial charge < -0.3 is 0 Å². The number of carbonyl (C=O) groups is 1. The van der Waals surface area contributed by atoms with Crippen LogP contribution in [0.15, 0.2) is 47.8 Å². The van der Waals surface area contributed by atoms with Crippen molar-refractivity contribution in [3.63, 3.8) is 0 Å². The van der Waals surface area contributed by atoms with E-state index in [1.807, 2.05) is 36.6 Å². The van der Waals surface area contributed by atoms with Crippen LogP contribution in [0.4, 0.5) is 0 Å². The fourth-order valence-electron chi connectivity index (χ4n) is 1.46. The smallest absolute Gasteiger partial charge is 0.187 e. The molecule has 86 valence electrons. The van der Waals surface area contributed by atoms with Crippen molar-refractivity contribution < 1.29 is 4.79 Å². The lowest BCUT2D eigenvalue weighted by atomic mass is 10.1. The highest BCUT2D eigenvalue weighted by Crippen LogP contribution is 2.10. The number of rotatable bonds is 4. The third kappa shape index (κ3) is 3.14. The maximum Gasteiger partial charge on any atom is 0.187 e. The summed E-state index contributed by atoms with van der Waals surface area (Å²) in [6.07, 6.45) is 3.92. The third-order valence-electron chi connectivity index (χ3n) is 2.31. The highest BCUT2D eigenvalue weighted by atomic mass is 32.2. The standard InChI is InChI=1S/C13H12N2OS/c1-17-13-14-8-7-11(15-13)9-12(16)10-5-3-2-4-6-10/h2-8H,9H2,1H3. The van der Waals surface area contributed by atoms with Gasteiger partial charge in [-0.15, -0.1) is 0 Å². The van der Waals surface area contributed by atoms with Crippen molar-refractivity contribution >= 4 is 17.5 Å². The van der Waals surface area contributed by atoms with Gasteiger partial charge in [-0.2, -0.15) is 0 Å². The maximum atomic E-state index is 11.9. The first-order chi connectivity index (χ1) is 8.29. The number of hydrogen-bond acceptors (Lipinski definition) is 4. The number of ketones is 1. The molecule has 0 aliphatic heterocycles. The average Bonchev–Trinajstić information content (AvgIpc) is 2.40. The van der Waals surface area contributed by atoms with Crippen molar-refractivity contribution in [1.29, 1.82) is 0 Å². The van der Waals surface area contributed by atoms with Gasteiger partial charge in [-0.05, 0) is 12.3 Å². The van der Waals surface area contributed by atoms with Gasteiger partial charge in [0.05, 0.1) is 12.1 Å². The number of benzene rings is 1. The van der Waals surface area contributed by atoms with E-state index in [4.69, 9.17) is 0 Å². The Balaban J connectivity index is 2.13. The minimum absolute atomic E-state index is 0.0800. The zero-order valence-corrected chi connectivity index (χ0v) is 10.3. The molecule has 3 nitrogen and oxygen atoms in total. The van der Waals surface area contributed by atoms with E-state index in [0.29, 0.717) is 11.6 Å². The summed E-state index contributed by atoms with van der Waals surface area (Å²) in [6.45, 7) is 0. The minimum Gasteiger partial charge on any atom is -0.294 e. The van der Waals surface area contributed by atoms with E-state index >= 15 is 0 Å². The molecular weight excluding hydrogens is 232 g/mol. The van der Waals surface area contributed by atoms with Gasteiger partial charge in [-0.3, -0.25) is 4.79 Å². The topological polar surface area (TPSA) is 42.9 Å². The summed E-state index contributed by atoms with van der Waals surface area (Å²) in [5.74, 6) is 0.0800. The van der Waals surface area contributed by atoms with Crippen molar-refractivity contribution in [3.05, 3.63) is 53.9 Å². The normalized spacial score (nSPS) is 10.2. The summed E-state index contributed by atoms with van der Waals surface area (Å²) in [5.41, 5.74) is 1.48. The number of carbonyl (C=O) groups excluding carboxylic acids is 1. The first-order valence-corrected chi connectivity index (χ1v) is 6.46. The first kappa shape index (κ1) is 11.8. The maximum absolute atomic E-state index is 11.9. The largest absolute Gasteiger partial charge is 0.294 e. The van der Waals surface area contributed by atoms with Gasteiger partial charge >= 0.3 is 0 Å². The molecular formula is C13H12N2OS. The Kier molecular flexibility index (Phi) is 3.88. The molecule has 1 heterocycles. The zero-order chi connectivity index (χ0) is 12.1. The summed E-state index contributed by atoms with van der Waals surface area (Å²) in [4.78, 5) is 20.3. The summed E-state index contributed by atoms with van der Waals surface area (Å²) >= 11 is 1.47. The van der Waals surface area contributed by atoms with Gasteiger partial charge in [0.25, 0.3) is 0 Å². The van der Waals surface area contributed by atoms with E-state index in [2.05, 4.69) is 9.97 Å². The SMILES string of the molecule is CSc1nccc(CC(=O)c2ccccc2)n1. The number of hydrogen-bond donors (Lipinski definition) is 0. The molecule has 0 saturated carbocycles. The van der Waals surface area contributed by atoms with Crippen LogP contribution < -0.4 is 0 Å². The van der Waals surface area contributed by atoms with E-state index in [-0.39, 0.29) is 5.78 Å². The zero-order valence-electron chi connectivity index (χ0n) is 9.46. The van der Waals surface area contributed by atoms with Gasteiger partial charge in [0, 0.05) is 11.8 Å². The predicted octanol–water partition coefficient (Wildman–Crippen LogP) is 2.62. The Morgan fingerprint density at radius 2 is 2.00 bits per heavy atom. The summed E-state index contributed by atoms with van der Waals surface area (Å²) in [5, 5.41) is 0.698. The molecule has 0 bridgehead atoms. The van der Waals surface area contributed by atoms with Gasteiger partial charge in [-0.1, -0.05) is 42.1 Å². The van der Waals surface area contributed by atoms with E-state index in [9.17, 15) is 4.79 Å². The summed E-state index contributed by atoms with van der Waals surface area (Å²) in [6, 6.07) is 11.0. The van der Waals surface area contributed by atoms with Crippen LogP contribution in [0.3, 0.4) is 0 Å². The van der Waals surface area contributed by atoms with Crippen molar-refractivity contribution in [2.75, 3.05) is 6.26 Å². The second-order valence-corrected chi connectivity index (χ2v) is 4.27. The second-order valence-electron chi connectivity index (χ2n) is 3.50. The molecule has 2 rings (SSSR count).